The van der Waals surface area contributed by atoms with Crippen LogP contribution in [-0.2, 0) is 26.3 Å². The molecule has 0 unspecified atom stereocenters. The first-order valence-corrected chi connectivity index (χ1v) is 8.73. The molecule has 4 nitrogen and oxygen atoms in total. The molecule has 1 saturated carbocycles. The van der Waals surface area contributed by atoms with Crippen molar-refractivity contribution >= 4 is 11.9 Å². The lowest BCUT2D eigenvalue weighted by molar-refractivity contribution is -0.160. The first-order chi connectivity index (χ1) is 12.5. The summed E-state index contributed by atoms with van der Waals surface area (Å²) < 4.78 is 19.0. The molecular weight excluding hydrogens is 333 g/mol. The predicted molar refractivity (Wildman–Crippen MR) is 95.8 cm³/mol. The van der Waals surface area contributed by atoms with Crippen LogP contribution in [0.5, 0.6) is 0 Å². The van der Waals surface area contributed by atoms with Gasteiger partial charge in [0.2, 0.25) is 0 Å². The molecule has 0 aliphatic heterocycles. The Labute approximate surface area is 152 Å². The maximum absolute atomic E-state index is 13.7. The topological polar surface area (TPSA) is 46.6 Å². The van der Waals surface area contributed by atoms with E-state index in [0.29, 0.717) is 5.56 Å². The van der Waals surface area contributed by atoms with Gasteiger partial charge in [0.1, 0.15) is 5.82 Å². The molecule has 1 aliphatic carbocycles. The number of rotatable bonds is 6. The number of hydrogen-bond donors (Lipinski definition) is 0. The molecule has 0 atom stereocenters. The Hall–Kier alpha value is -2.69. The number of benzene rings is 2. The Balaban J connectivity index is 1.58. The Bertz CT molecular complexity index is 787. The number of ether oxygens (including phenoxy) is 1. The zero-order valence-electron chi connectivity index (χ0n) is 14.8. The minimum atomic E-state index is -0.633. The molecule has 0 bridgehead atoms. The summed E-state index contributed by atoms with van der Waals surface area (Å²) in [5.41, 5.74) is 0.726. The fourth-order valence-electron chi connectivity index (χ4n) is 3.24. The molecule has 26 heavy (non-hydrogen) atoms. The van der Waals surface area contributed by atoms with Gasteiger partial charge in [-0.2, -0.15) is 0 Å². The van der Waals surface area contributed by atoms with Gasteiger partial charge in [-0.3, -0.25) is 9.59 Å². The molecule has 1 amide bonds. The Morgan fingerprint density at radius 2 is 1.73 bits per heavy atom. The number of halogens is 1. The summed E-state index contributed by atoms with van der Waals surface area (Å²) in [6, 6.07) is 15.9. The standard InChI is InChI=1S/C21H22FNO3/c1-23(14-16-8-5-6-11-18(16)22)19(24)15-26-20(25)21(12-7-13-21)17-9-3-2-4-10-17/h2-6,8-11H,7,12-15H2,1H3. The highest BCUT2D eigenvalue weighted by Crippen LogP contribution is 2.44. The maximum Gasteiger partial charge on any atom is 0.317 e. The van der Waals surface area contributed by atoms with Gasteiger partial charge in [0.25, 0.3) is 5.91 Å². The Kier molecular flexibility index (Phi) is 5.35. The third kappa shape index (κ3) is 3.62. The van der Waals surface area contributed by atoms with Crippen LogP contribution in [0.4, 0.5) is 4.39 Å². The van der Waals surface area contributed by atoms with E-state index in [1.54, 1.807) is 25.2 Å². The van der Waals surface area contributed by atoms with Gasteiger partial charge in [-0.15, -0.1) is 0 Å². The zero-order chi connectivity index (χ0) is 18.6. The van der Waals surface area contributed by atoms with Crippen LogP contribution in [0.25, 0.3) is 0 Å². The van der Waals surface area contributed by atoms with Gasteiger partial charge in [-0.1, -0.05) is 55.0 Å². The average molecular weight is 355 g/mol. The van der Waals surface area contributed by atoms with E-state index in [1.807, 2.05) is 30.3 Å². The van der Waals surface area contributed by atoms with Gasteiger partial charge >= 0.3 is 5.97 Å². The first kappa shape index (κ1) is 18.1. The van der Waals surface area contributed by atoms with Crippen molar-refractivity contribution in [1.82, 2.24) is 4.90 Å². The molecular formula is C21H22FNO3. The average Bonchev–Trinajstić information content (AvgIpc) is 2.61. The van der Waals surface area contributed by atoms with Crippen LogP contribution in [0.2, 0.25) is 0 Å². The van der Waals surface area contributed by atoms with E-state index in [0.717, 1.165) is 24.8 Å². The van der Waals surface area contributed by atoms with E-state index in [2.05, 4.69) is 0 Å². The van der Waals surface area contributed by atoms with Gasteiger partial charge in [0.15, 0.2) is 6.61 Å². The van der Waals surface area contributed by atoms with Crippen molar-refractivity contribution < 1.29 is 18.7 Å². The van der Waals surface area contributed by atoms with E-state index >= 15 is 0 Å². The van der Waals surface area contributed by atoms with Crippen molar-refractivity contribution in [3.63, 3.8) is 0 Å². The van der Waals surface area contributed by atoms with Crippen LogP contribution in [0, 0.1) is 5.82 Å². The van der Waals surface area contributed by atoms with Crippen molar-refractivity contribution in [2.75, 3.05) is 13.7 Å². The van der Waals surface area contributed by atoms with E-state index in [4.69, 9.17) is 4.74 Å². The van der Waals surface area contributed by atoms with Crippen LogP contribution < -0.4 is 0 Å². The van der Waals surface area contributed by atoms with Gasteiger partial charge in [0.05, 0.1) is 5.41 Å². The van der Waals surface area contributed by atoms with Crippen LogP contribution in [0.3, 0.4) is 0 Å². The van der Waals surface area contributed by atoms with Crippen LogP contribution in [0.15, 0.2) is 54.6 Å². The van der Waals surface area contributed by atoms with E-state index in [9.17, 15) is 14.0 Å². The zero-order valence-corrected chi connectivity index (χ0v) is 14.8. The molecule has 0 spiro atoms. The number of likely N-dealkylation sites (N-methyl/N-ethyl adjacent to an activating group) is 1. The smallest absolute Gasteiger partial charge is 0.317 e. The van der Waals surface area contributed by atoms with Crippen LogP contribution in [-0.4, -0.2) is 30.4 Å². The number of hydrogen-bond acceptors (Lipinski definition) is 3. The highest BCUT2D eigenvalue weighted by atomic mass is 19.1. The van der Waals surface area contributed by atoms with E-state index in [-0.39, 0.29) is 30.8 Å². The fourth-order valence-corrected chi connectivity index (χ4v) is 3.24. The molecule has 0 N–H and O–H groups in total. The molecule has 1 aliphatic rings. The summed E-state index contributed by atoms with van der Waals surface area (Å²) in [6.45, 7) is -0.203. The first-order valence-electron chi connectivity index (χ1n) is 8.73. The number of carbonyl (C=O) groups is 2. The molecule has 0 radical (unpaired) electrons. The number of amides is 1. The number of carbonyl (C=O) groups excluding carboxylic acids is 2. The fraction of sp³-hybridized carbons (Fsp3) is 0.333. The summed E-state index contributed by atoms with van der Waals surface area (Å²) in [5, 5.41) is 0. The van der Waals surface area contributed by atoms with Gasteiger partial charge in [-0.05, 0) is 24.5 Å². The van der Waals surface area contributed by atoms with Crippen molar-refractivity contribution in [3.8, 4) is 0 Å². The van der Waals surface area contributed by atoms with Crippen molar-refractivity contribution in [2.45, 2.75) is 31.2 Å². The molecule has 1 fully saturated rings. The quantitative estimate of drug-likeness (QED) is 0.746. The third-order valence-electron chi connectivity index (χ3n) is 5.04. The monoisotopic (exact) mass is 355 g/mol. The largest absolute Gasteiger partial charge is 0.455 e. The number of esters is 1. The lowest BCUT2D eigenvalue weighted by atomic mass is 9.64. The minimum absolute atomic E-state index is 0.132. The highest BCUT2D eigenvalue weighted by Gasteiger charge is 2.47. The molecule has 3 rings (SSSR count). The second-order valence-electron chi connectivity index (χ2n) is 6.72. The van der Waals surface area contributed by atoms with Gasteiger partial charge < -0.3 is 9.64 Å². The molecule has 0 heterocycles. The highest BCUT2D eigenvalue weighted by molar-refractivity contribution is 5.87. The Morgan fingerprint density at radius 3 is 2.35 bits per heavy atom. The van der Waals surface area contributed by atoms with Crippen molar-refractivity contribution in [2.24, 2.45) is 0 Å². The number of nitrogens with zero attached hydrogens (tertiary/aromatic N) is 1. The summed E-state index contributed by atoms with van der Waals surface area (Å²) in [5.74, 6) is -1.08. The minimum Gasteiger partial charge on any atom is -0.455 e. The second-order valence-corrected chi connectivity index (χ2v) is 6.72. The molecule has 2 aromatic carbocycles. The van der Waals surface area contributed by atoms with Crippen molar-refractivity contribution in [1.29, 1.82) is 0 Å². The molecule has 0 aromatic heterocycles. The molecule has 136 valence electrons. The molecule has 0 saturated heterocycles. The van der Waals surface area contributed by atoms with Gasteiger partial charge in [-0.25, -0.2) is 4.39 Å². The van der Waals surface area contributed by atoms with Crippen LogP contribution >= 0.6 is 0 Å². The summed E-state index contributed by atoms with van der Waals surface area (Å²) in [6.07, 6.45) is 2.43. The van der Waals surface area contributed by atoms with Crippen molar-refractivity contribution in [3.05, 3.63) is 71.5 Å². The molecule has 2 aromatic rings. The Morgan fingerprint density at radius 1 is 1.08 bits per heavy atom. The van der Waals surface area contributed by atoms with E-state index in [1.165, 1.54) is 11.0 Å². The van der Waals surface area contributed by atoms with Crippen LogP contribution in [0.1, 0.15) is 30.4 Å². The lowest BCUT2D eigenvalue weighted by Crippen LogP contribution is -2.45. The molecule has 5 heteroatoms. The van der Waals surface area contributed by atoms with E-state index < -0.39 is 5.41 Å². The normalized spacial score (nSPS) is 15.0. The summed E-state index contributed by atoms with van der Waals surface area (Å²) in [4.78, 5) is 26.3. The maximum atomic E-state index is 13.7. The third-order valence-corrected chi connectivity index (χ3v) is 5.04. The lowest BCUT2D eigenvalue weighted by Gasteiger charge is -2.39. The predicted octanol–water partition coefficient (Wildman–Crippen LogP) is 3.45. The summed E-state index contributed by atoms with van der Waals surface area (Å²) in [7, 11) is 1.57. The van der Waals surface area contributed by atoms with Gasteiger partial charge in [0, 0.05) is 19.2 Å². The SMILES string of the molecule is CN(Cc1ccccc1F)C(=O)COC(=O)C1(c2ccccc2)CCC1. The second kappa shape index (κ2) is 7.68. The summed E-state index contributed by atoms with van der Waals surface area (Å²) >= 11 is 0.